The summed E-state index contributed by atoms with van der Waals surface area (Å²) >= 11 is 9.97. The lowest BCUT2D eigenvalue weighted by atomic mass is 10.0. The number of allylic oxidation sites excluding steroid dienone is 1. The number of hydrogen-bond donors (Lipinski definition) is 2. The van der Waals surface area contributed by atoms with Crippen LogP contribution >= 0.6 is 34.9 Å². The molecule has 3 unspecified atom stereocenters. The third-order valence-corrected chi connectivity index (χ3v) is 8.48. The lowest BCUT2D eigenvalue weighted by Crippen LogP contribution is -2.39. The maximum atomic E-state index is 6.64. The van der Waals surface area contributed by atoms with Crippen LogP contribution in [0.5, 0.6) is 0 Å². The van der Waals surface area contributed by atoms with Crippen LogP contribution in [0.1, 0.15) is 44.2 Å². The van der Waals surface area contributed by atoms with Gasteiger partial charge in [0.05, 0.1) is 32.3 Å². The van der Waals surface area contributed by atoms with Gasteiger partial charge in [-0.15, -0.1) is 11.3 Å². The van der Waals surface area contributed by atoms with Gasteiger partial charge in [0.15, 0.2) is 0 Å². The summed E-state index contributed by atoms with van der Waals surface area (Å²) in [5.41, 5.74) is 7.69. The van der Waals surface area contributed by atoms with Crippen molar-refractivity contribution in [2.75, 3.05) is 12.8 Å². The molecule has 3 atom stereocenters. The van der Waals surface area contributed by atoms with Gasteiger partial charge in [-0.25, -0.2) is 4.99 Å². The molecule has 156 valence electrons. The second-order valence-electron chi connectivity index (χ2n) is 8.16. The Balaban J connectivity index is 1.62. The molecule has 0 saturated heterocycles. The smallest absolute Gasteiger partial charge is 0.202 e. The van der Waals surface area contributed by atoms with Gasteiger partial charge in [-0.05, 0) is 68.8 Å². The Labute approximate surface area is 185 Å². The number of H-pyrrole nitrogens is 1. The van der Waals surface area contributed by atoms with Crippen LogP contribution in [0.3, 0.4) is 0 Å². The van der Waals surface area contributed by atoms with Gasteiger partial charge in [0.2, 0.25) is 5.96 Å². The SMILES string of the molecule is CC1CC=C(c2ccc(-c3cc(Cl)c(C4(C)CSN(C)C(N)=N4)s3)[nH]2)OC(C)C1. The molecule has 0 amide bonds. The maximum absolute atomic E-state index is 6.64. The second-order valence-corrected chi connectivity index (χ2v) is 10.7. The highest BCUT2D eigenvalue weighted by Crippen LogP contribution is 2.45. The molecular formula is C21H27ClN4OS2. The predicted octanol–water partition coefficient (Wildman–Crippen LogP) is 5.70. The summed E-state index contributed by atoms with van der Waals surface area (Å²) in [4.78, 5) is 10.4. The summed E-state index contributed by atoms with van der Waals surface area (Å²) in [5, 5.41) is 0.734. The highest BCUT2D eigenvalue weighted by Gasteiger charge is 2.35. The first-order chi connectivity index (χ1) is 13.7. The van der Waals surface area contributed by atoms with Gasteiger partial charge in [-0.1, -0.05) is 18.5 Å². The lowest BCUT2D eigenvalue weighted by molar-refractivity contribution is 0.165. The van der Waals surface area contributed by atoms with Crippen molar-refractivity contribution in [3.8, 4) is 10.6 Å². The van der Waals surface area contributed by atoms with E-state index in [1.165, 1.54) is 0 Å². The number of hydrogen-bond acceptors (Lipinski definition) is 6. The van der Waals surface area contributed by atoms with E-state index in [2.05, 4.69) is 44.0 Å². The number of halogens is 1. The first-order valence-corrected chi connectivity index (χ1v) is 12.0. The van der Waals surface area contributed by atoms with Crippen molar-refractivity contribution in [1.29, 1.82) is 0 Å². The van der Waals surface area contributed by atoms with E-state index in [0.717, 1.165) is 50.5 Å². The van der Waals surface area contributed by atoms with Gasteiger partial charge in [-0.3, -0.25) is 4.31 Å². The molecule has 0 saturated carbocycles. The van der Waals surface area contributed by atoms with Crippen molar-refractivity contribution in [1.82, 2.24) is 9.29 Å². The van der Waals surface area contributed by atoms with E-state index < -0.39 is 5.54 Å². The molecule has 0 aliphatic carbocycles. The van der Waals surface area contributed by atoms with Crippen molar-refractivity contribution >= 4 is 46.6 Å². The lowest BCUT2D eigenvalue weighted by Gasteiger charge is -2.33. The Morgan fingerprint density at radius 3 is 2.86 bits per heavy atom. The standard InChI is InChI=1S/C21H27ClN4OS2/c1-12-5-8-17(27-13(2)9-12)15-6-7-16(24-15)18-10-14(22)19(29-18)21(3)11-28-26(4)20(23)25-21/h6-8,10,12-13,24H,5,9,11H2,1-4H3,(H2,23,25). The average molecular weight is 451 g/mol. The molecule has 5 nitrogen and oxygen atoms in total. The zero-order chi connectivity index (χ0) is 20.8. The molecule has 2 aliphatic rings. The summed E-state index contributed by atoms with van der Waals surface area (Å²) < 4.78 is 8.04. The van der Waals surface area contributed by atoms with Crippen LogP contribution in [0, 0.1) is 5.92 Å². The first kappa shape index (κ1) is 20.7. The van der Waals surface area contributed by atoms with Crippen molar-refractivity contribution in [3.05, 3.63) is 39.9 Å². The van der Waals surface area contributed by atoms with Crippen LogP contribution in [0.4, 0.5) is 0 Å². The Morgan fingerprint density at radius 2 is 2.10 bits per heavy atom. The molecule has 0 bridgehead atoms. The summed E-state index contributed by atoms with van der Waals surface area (Å²) in [7, 11) is 1.93. The second kappa shape index (κ2) is 7.93. The Hall–Kier alpha value is -1.57. The molecule has 0 radical (unpaired) electrons. The fourth-order valence-electron chi connectivity index (χ4n) is 3.77. The van der Waals surface area contributed by atoms with Crippen molar-refractivity contribution in [2.45, 2.75) is 45.3 Å². The summed E-state index contributed by atoms with van der Waals surface area (Å²) in [6.07, 6.45) is 4.53. The molecule has 0 fully saturated rings. The molecule has 3 N–H and O–H groups in total. The molecule has 0 spiro atoms. The predicted molar refractivity (Wildman–Crippen MR) is 125 cm³/mol. The van der Waals surface area contributed by atoms with Gasteiger partial charge < -0.3 is 15.5 Å². The summed E-state index contributed by atoms with van der Waals surface area (Å²) in [6.45, 7) is 6.50. The third kappa shape index (κ3) is 4.18. The number of nitrogens with zero attached hydrogens (tertiary/aromatic N) is 2. The number of ether oxygens (including phenoxy) is 1. The molecule has 4 heterocycles. The van der Waals surface area contributed by atoms with Crippen molar-refractivity contribution in [3.63, 3.8) is 0 Å². The van der Waals surface area contributed by atoms with Gasteiger partial charge in [0.1, 0.15) is 11.3 Å². The van der Waals surface area contributed by atoms with E-state index >= 15 is 0 Å². The number of aromatic amines is 1. The maximum Gasteiger partial charge on any atom is 0.202 e. The number of aliphatic imine (C=N–C) groups is 1. The monoisotopic (exact) mass is 450 g/mol. The Kier molecular flexibility index (Phi) is 5.66. The molecule has 0 aromatic carbocycles. The fraction of sp³-hybridized carbons (Fsp3) is 0.476. The number of aromatic nitrogens is 1. The molecular weight excluding hydrogens is 424 g/mol. The van der Waals surface area contributed by atoms with Crippen LogP contribution in [-0.2, 0) is 10.3 Å². The van der Waals surface area contributed by atoms with Crippen molar-refractivity contribution < 1.29 is 4.74 Å². The molecule has 4 rings (SSSR count). The van der Waals surface area contributed by atoms with Gasteiger partial charge in [-0.2, -0.15) is 0 Å². The van der Waals surface area contributed by atoms with E-state index in [1.807, 2.05) is 17.4 Å². The molecule has 8 heteroatoms. The van der Waals surface area contributed by atoms with Crippen LogP contribution in [0.15, 0.2) is 29.3 Å². The molecule has 2 aromatic rings. The minimum absolute atomic E-state index is 0.221. The number of thiophene rings is 1. The zero-order valence-electron chi connectivity index (χ0n) is 17.2. The van der Waals surface area contributed by atoms with Gasteiger partial charge in [0.25, 0.3) is 0 Å². The normalized spacial score (nSPS) is 27.8. The zero-order valence-corrected chi connectivity index (χ0v) is 19.5. The highest BCUT2D eigenvalue weighted by atomic mass is 35.5. The molecule has 2 aromatic heterocycles. The van der Waals surface area contributed by atoms with E-state index in [9.17, 15) is 0 Å². The number of guanidine groups is 1. The largest absolute Gasteiger partial charge is 0.489 e. The summed E-state index contributed by atoms with van der Waals surface area (Å²) in [5.74, 6) is 2.90. The first-order valence-electron chi connectivity index (χ1n) is 9.83. The minimum Gasteiger partial charge on any atom is -0.489 e. The van der Waals surface area contributed by atoms with Crippen molar-refractivity contribution in [2.24, 2.45) is 16.6 Å². The Morgan fingerprint density at radius 1 is 1.34 bits per heavy atom. The average Bonchev–Trinajstić information content (AvgIpc) is 3.25. The van der Waals surface area contributed by atoms with E-state index in [1.54, 1.807) is 23.3 Å². The quantitative estimate of drug-likeness (QED) is 0.589. The van der Waals surface area contributed by atoms with Gasteiger partial charge in [0, 0.05) is 12.8 Å². The van der Waals surface area contributed by atoms with Crippen LogP contribution in [0.25, 0.3) is 16.3 Å². The summed E-state index contributed by atoms with van der Waals surface area (Å²) in [6, 6.07) is 6.19. The van der Waals surface area contributed by atoms with Crippen LogP contribution < -0.4 is 5.73 Å². The van der Waals surface area contributed by atoms with Gasteiger partial charge >= 0.3 is 0 Å². The van der Waals surface area contributed by atoms with Crippen LogP contribution in [0.2, 0.25) is 5.02 Å². The topological polar surface area (TPSA) is 66.6 Å². The van der Waals surface area contributed by atoms with E-state index in [4.69, 9.17) is 27.1 Å². The highest BCUT2D eigenvalue weighted by molar-refractivity contribution is 7.97. The number of nitrogens with two attached hydrogens (primary N) is 1. The third-order valence-electron chi connectivity index (χ3n) is 5.38. The fourth-order valence-corrected chi connectivity index (χ4v) is 6.30. The molecule has 29 heavy (non-hydrogen) atoms. The van der Waals surface area contributed by atoms with Crippen LogP contribution in [-0.4, -0.2) is 34.2 Å². The van der Waals surface area contributed by atoms with E-state index in [-0.39, 0.29) is 6.10 Å². The Bertz CT molecular complexity index is 966. The number of nitrogens with one attached hydrogen (secondary N) is 1. The van der Waals surface area contributed by atoms with E-state index in [0.29, 0.717) is 11.9 Å². The molecule has 2 aliphatic heterocycles. The number of rotatable bonds is 3. The minimum atomic E-state index is -0.421.